The number of nitrogens with zero attached hydrogens (tertiary/aromatic N) is 3. The molecular weight excluding hydrogens is 326 g/mol. The van der Waals surface area contributed by atoms with Crippen molar-refractivity contribution in [1.82, 2.24) is 9.97 Å². The fraction of sp³-hybridized carbons (Fsp3) is 0.375. The third-order valence-corrected chi connectivity index (χ3v) is 3.85. The summed E-state index contributed by atoms with van der Waals surface area (Å²) in [5.74, 6) is 0.0602. The van der Waals surface area contributed by atoms with E-state index in [4.69, 9.17) is 4.74 Å². The smallest absolute Gasteiger partial charge is 0.433 e. The van der Waals surface area contributed by atoms with Crippen LogP contribution in [0.25, 0.3) is 0 Å². The quantitative estimate of drug-likeness (QED) is 0.798. The molecule has 3 heterocycles. The Morgan fingerprint density at radius 3 is 2.75 bits per heavy atom. The van der Waals surface area contributed by atoms with Gasteiger partial charge in [-0.3, -0.25) is 4.98 Å². The van der Waals surface area contributed by atoms with E-state index < -0.39 is 17.7 Å². The molecule has 1 saturated heterocycles. The molecule has 0 saturated carbocycles. The van der Waals surface area contributed by atoms with Crippen molar-refractivity contribution in [3.8, 4) is 5.88 Å². The fourth-order valence-corrected chi connectivity index (χ4v) is 2.63. The molecule has 8 heteroatoms. The number of rotatable bonds is 4. The van der Waals surface area contributed by atoms with Crippen molar-refractivity contribution in [2.75, 3.05) is 24.6 Å². The molecule has 0 radical (unpaired) electrons. The third kappa shape index (κ3) is 3.93. The Bertz CT molecular complexity index is 690. The van der Waals surface area contributed by atoms with Crippen LogP contribution in [-0.2, 0) is 6.18 Å². The molecule has 1 fully saturated rings. The van der Waals surface area contributed by atoms with Crippen LogP contribution in [0.4, 0.5) is 23.2 Å². The topological polar surface area (TPSA) is 38.2 Å². The average molecular weight is 341 g/mol. The van der Waals surface area contributed by atoms with E-state index in [9.17, 15) is 17.6 Å². The van der Waals surface area contributed by atoms with E-state index in [0.29, 0.717) is 31.3 Å². The van der Waals surface area contributed by atoms with Crippen LogP contribution in [0.1, 0.15) is 12.1 Å². The first kappa shape index (κ1) is 16.5. The Balaban J connectivity index is 1.58. The van der Waals surface area contributed by atoms with Gasteiger partial charge in [-0.15, -0.1) is 0 Å². The normalized spacial score (nSPS) is 18.0. The summed E-state index contributed by atoms with van der Waals surface area (Å²) in [7, 11) is 0. The summed E-state index contributed by atoms with van der Waals surface area (Å²) in [5, 5.41) is 0. The van der Waals surface area contributed by atoms with E-state index >= 15 is 0 Å². The summed E-state index contributed by atoms with van der Waals surface area (Å²) in [6, 6.07) is 5.34. The fourth-order valence-electron chi connectivity index (χ4n) is 2.63. The number of ether oxygens (including phenoxy) is 1. The van der Waals surface area contributed by atoms with Crippen LogP contribution in [0.3, 0.4) is 0 Å². The van der Waals surface area contributed by atoms with Crippen LogP contribution in [0, 0.1) is 11.7 Å². The summed E-state index contributed by atoms with van der Waals surface area (Å²) in [6.07, 6.45) is -1.41. The largest absolute Gasteiger partial charge is 0.477 e. The molecule has 2 aromatic rings. The zero-order valence-electron chi connectivity index (χ0n) is 12.6. The van der Waals surface area contributed by atoms with Gasteiger partial charge in [0.15, 0.2) is 0 Å². The number of hydrogen-bond donors (Lipinski definition) is 0. The zero-order valence-corrected chi connectivity index (χ0v) is 12.6. The Kier molecular flexibility index (Phi) is 4.55. The highest BCUT2D eigenvalue weighted by Gasteiger charge is 2.33. The molecule has 0 amide bonds. The predicted octanol–water partition coefficient (Wildman–Crippen LogP) is 3.54. The predicted molar refractivity (Wildman–Crippen MR) is 79.2 cm³/mol. The van der Waals surface area contributed by atoms with E-state index in [2.05, 4.69) is 9.97 Å². The summed E-state index contributed by atoms with van der Waals surface area (Å²) in [6.45, 7) is 1.61. The second kappa shape index (κ2) is 6.62. The molecule has 128 valence electrons. The van der Waals surface area contributed by atoms with Crippen LogP contribution >= 0.6 is 0 Å². The number of alkyl halides is 3. The molecule has 1 unspecified atom stereocenters. The zero-order chi connectivity index (χ0) is 17.2. The lowest BCUT2D eigenvalue weighted by Crippen LogP contribution is -2.22. The van der Waals surface area contributed by atoms with Gasteiger partial charge in [0.2, 0.25) is 5.88 Å². The summed E-state index contributed by atoms with van der Waals surface area (Å²) in [4.78, 5) is 9.06. The molecule has 0 aromatic carbocycles. The number of pyridine rings is 2. The molecule has 0 N–H and O–H groups in total. The maximum Gasteiger partial charge on any atom is 0.433 e. The molecule has 0 aliphatic carbocycles. The first-order valence-electron chi connectivity index (χ1n) is 7.44. The van der Waals surface area contributed by atoms with Crippen molar-refractivity contribution >= 4 is 5.69 Å². The Hall–Kier alpha value is -2.38. The van der Waals surface area contributed by atoms with Gasteiger partial charge in [0, 0.05) is 37.0 Å². The van der Waals surface area contributed by atoms with E-state index in [1.54, 1.807) is 6.07 Å². The first-order valence-corrected chi connectivity index (χ1v) is 7.44. The minimum atomic E-state index is -4.45. The van der Waals surface area contributed by atoms with Crippen LogP contribution in [0.15, 0.2) is 36.7 Å². The van der Waals surface area contributed by atoms with Gasteiger partial charge < -0.3 is 9.64 Å². The van der Waals surface area contributed by atoms with E-state index in [1.165, 1.54) is 18.3 Å². The number of halogens is 4. The molecule has 1 aliphatic rings. The molecule has 4 nitrogen and oxygen atoms in total. The maximum absolute atomic E-state index is 12.8. The lowest BCUT2D eigenvalue weighted by atomic mass is 10.1. The van der Waals surface area contributed by atoms with Crippen molar-refractivity contribution in [1.29, 1.82) is 0 Å². The van der Waals surface area contributed by atoms with Crippen LogP contribution < -0.4 is 9.64 Å². The maximum atomic E-state index is 12.8. The highest BCUT2D eigenvalue weighted by molar-refractivity contribution is 5.48. The van der Waals surface area contributed by atoms with Gasteiger partial charge in [0.05, 0.1) is 12.8 Å². The van der Waals surface area contributed by atoms with Crippen molar-refractivity contribution < 1.29 is 22.3 Å². The van der Waals surface area contributed by atoms with E-state index in [0.717, 1.165) is 18.7 Å². The average Bonchev–Trinajstić information content (AvgIpc) is 3.03. The molecule has 24 heavy (non-hydrogen) atoms. The molecule has 3 rings (SSSR count). The van der Waals surface area contributed by atoms with Gasteiger partial charge in [-0.1, -0.05) is 0 Å². The molecule has 1 atom stereocenters. The molecular formula is C16H15F4N3O. The third-order valence-electron chi connectivity index (χ3n) is 3.85. The van der Waals surface area contributed by atoms with Gasteiger partial charge in [0.1, 0.15) is 11.5 Å². The highest BCUT2D eigenvalue weighted by atomic mass is 19.4. The van der Waals surface area contributed by atoms with Crippen molar-refractivity contribution in [2.24, 2.45) is 5.92 Å². The molecule has 1 aliphatic heterocycles. The number of hydrogen-bond acceptors (Lipinski definition) is 4. The minimum Gasteiger partial charge on any atom is -0.477 e. The standard InChI is InChI=1S/C16H15F4N3O/c17-12-1-2-15(22-8-12)24-10-11-4-6-23(9-11)13-3-5-21-14(7-13)16(18,19)20/h1-3,5,7-8,11H,4,6,9-10H2. The lowest BCUT2D eigenvalue weighted by Gasteiger charge is -2.19. The van der Waals surface area contributed by atoms with Crippen molar-refractivity contribution in [3.63, 3.8) is 0 Å². The Morgan fingerprint density at radius 1 is 1.21 bits per heavy atom. The van der Waals surface area contributed by atoms with Gasteiger partial charge in [0.25, 0.3) is 0 Å². The highest BCUT2D eigenvalue weighted by Crippen LogP contribution is 2.31. The Labute approximate surface area is 136 Å². The van der Waals surface area contributed by atoms with Gasteiger partial charge in [-0.2, -0.15) is 13.2 Å². The first-order chi connectivity index (χ1) is 11.4. The lowest BCUT2D eigenvalue weighted by molar-refractivity contribution is -0.141. The van der Waals surface area contributed by atoms with Crippen LogP contribution in [-0.4, -0.2) is 29.7 Å². The Morgan fingerprint density at radius 2 is 2.04 bits per heavy atom. The molecule has 2 aromatic heterocycles. The minimum absolute atomic E-state index is 0.166. The van der Waals surface area contributed by atoms with Crippen LogP contribution in [0.2, 0.25) is 0 Å². The van der Waals surface area contributed by atoms with E-state index in [-0.39, 0.29) is 5.92 Å². The van der Waals surface area contributed by atoms with Crippen LogP contribution in [0.5, 0.6) is 5.88 Å². The SMILES string of the molecule is Fc1ccc(OCC2CCN(c3ccnc(C(F)(F)F)c3)C2)nc1. The monoisotopic (exact) mass is 341 g/mol. The number of aromatic nitrogens is 2. The van der Waals surface area contributed by atoms with Crippen molar-refractivity contribution in [2.45, 2.75) is 12.6 Å². The molecule has 0 bridgehead atoms. The second-order valence-corrected chi connectivity index (χ2v) is 5.62. The van der Waals surface area contributed by atoms with Gasteiger partial charge >= 0.3 is 6.18 Å². The van der Waals surface area contributed by atoms with Gasteiger partial charge in [-0.25, -0.2) is 9.37 Å². The van der Waals surface area contributed by atoms with Gasteiger partial charge in [-0.05, 0) is 24.6 Å². The molecule has 0 spiro atoms. The summed E-state index contributed by atoms with van der Waals surface area (Å²) < 4.78 is 56.5. The number of anilines is 1. The second-order valence-electron chi connectivity index (χ2n) is 5.62. The van der Waals surface area contributed by atoms with Crippen molar-refractivity contribution in [3.05, 3.63) is 48.2 Å². The summed E-state index contributed by atoms with van der Waals surface area (Å²) >= 11 is 0. The van der Waals surface area contributed by atoms with E-state index in [1.807, 2.05) is 4.90 Å². The summed E-state index contributed by atoms with van der Waals surface area (Å²) in [5.41, 5.74) is -0.394.